The minimum atomic E-state index is -0.00568. The normalized spacial score (nSPS) is 16.9. The zero-order valence-electron chi connectivity index (χ0n) is 19.4. The highest BCUT2D eigenvalue weighted by atomic mass is 32.1. The van der Waals surface area contributed by atoms with Gasteiger partial charge in [0.25, 0.3) is 0 Å². The predicted octanol–water partition coefficient (Wildman–Crippen LogP) is 5.63. The number of rotatable bonds is 10. The van der Waals surface area contributed by atoms with Gasteiger partial charge in [0.05, 0.1) is 13.1 Å². The summed E-state index contributed by atoms with van der Waals surface area (Å²) in [5.74, 6) is 0.396. The first-order valence-corrected chi connectivity index (χ1v) is 12.6. The van der Waals surface area contributed by atoms with Gasteiger partial charge in [0.15, 0.2) is 0 Å². The number of aryl methyl sites for hydroxylation is 1. The van der Waals surface area contributed by atoms with Crippen LogP contribution >= 0.6 is 11.3 Å². The molecule has 172 valence electrons. The molecule has 4 nitrogen and oxygen atoms in total. The Morgan fingerprint density at radius 2 is 1.64 bits per heavy atom. The number of amides is 2. The van der Waals surface area contributed by atoms with Gasteiger partial charge in [-0.05, 0) is 53.8 Å². The van der Waals surface area contributed by atoms with Crippen LogP contribution < -0.4 is 0 Å². The lowest BCUT2D eigenvalue weighted by Crippen LogP contribution is -2.43. The fraction of sp³-hybridized carbons (Fsp3) is 0.357. The van der Waals surface area contributed by atoms with Gasteiger partial charge < -0.3 is 9.80 Å². The lowest BCUT2D eigenvalue weighted by atomic mass is 10.1. The zero-order chi connectivity index (χ0) is 23.2. The highest BCUT2D eigenvalue weighted by molar-refractivity contribution is 7.10. The van der Waals surface area contributed by atoms with E-state index in [4.69, 9.17) is 0 Å². The van der Waals surface area contributed by atoms with E-state index in [0.717, 1.165) is 18.4 Å². The van der Waals surface area contributed by atoms with Gasteiger partial charge in [0.1, 0.15) is 0 Å². The van der Waals surface area contributed by atoms with Gasteiger partial charge in [0, 0.05) is 23.9 Å². The van der Waals surface area contributed by atoms with Crippen LogP contribution in [0, 0.1) is 12.8 Å². The number of nitrogens with zero attached hydrogens (tertiary/aromatic N) is 2. The minimum Gasteiger partial charge on any atom is -0.333 e. The van der Waals surface area contributed by atoms with Crippen molar-refractivity contribution < 1.29 is 9.59 Å². The molecule has 0 spiro atoms. The molecule has 0 saturated heterocycles. The number of carbonyl (C=O) groups excluding carboxylic acids is 2. The standard InChI is InChI=1S/C28H32N2O2S/c1-3-15-29(28(32)25-17-24(25)23-12-8-5-9-13-23)20-27(31)30(18-22-10-6-4-7-11-22)19-26-21(2)14-16-33-26/h4-14,16,24-25H,3,15,17-20H2,1-2H3. The summed E-state index contributed by atoms with van der Waals surface area (Å²) in [5.41, 5.74) is 3.52. The Balaban J connectivity index is 1.47. The molecule has 1 aliphatic carbocycles. The Labute approximate surface area is 200 Å². The monoisotopic (exact) mass is 460 g/mol. The van der Waals surface area contributed by atoms with Crippen LogP contribution in [0.15, 0.2) is 72.1 Å². The Bertz CT molecular complexity index is 1060. The summed E-state index contributed by atoms with van der Waals surface area (Å²) < 4.78 is 0. The van der Waals surface area contributed by atoms with Crippen molar-refractivity contribution in [2.45, 2.75) is 45.7 Å². The Kier molecular flexibility index (Phi) is 7.61. The molecule has 4 rings (SSSR count). The lowest BCUT2D eigenvalue weighted by Gasteiger charge is -2.28. The van der Waals surface area contributed by atoms with Gasteiger partial charge >= 0.3 is 0 Å². The largest absolute Gasteiger partial charge is 0.333 e. The van der Waals surface area contributed by atoms with Gasteiger partial charge in [-0.1, -0.05) is 67.6 Å². The van der Waals surface area contributed by atoms with Gasteiger partial charge in [-0.15, -0.1) is 11.3 Å². The van der Waals surface area contributed by atoms with Crippen LogP contribution in [0.4, 0.5) is 0 Å². The van der Waals surface area contributed by atoms with Crippen molar-refractivity contribution in [1.29, 1.82) is 0 Å². The molecule has 33 heavy (non-hydrogen) atoms. The van der Waals surface area contributed by atoms with Crippen molar-refractivity contribution in [2.24, 2.45) is 5.92 Å². The Hall–Kier alpha value is -2.92. The fourth-order valence-corrected chi connectivity index (χ4v) is 5.27. The second-order valence-electron chi connectivity index (χ2n) is 8.88. The third-order valence-corrected chi connectivity index (χ3v) is 7.35. The summed E-state index contributed by atoms with van der Waals surface area (Å²) in [4.78, 5) is 31.7. The molecule has 0 aliphatic heterocycles. The molecule has 5 heteroatoms. The summed E-state index contributed by atoms with van der Waals surface area (Å²) in [6, 6.07) is 22.4. The predicted molar refractivity (Wildman–Crippen MR) is 134 cm³/mol. The van der Waals surface area contributed by atoms with E-state index in [1.807, 2.05) is 53.4 Å². The van der Waals surface area contributed by atoms with Crippen LogP contribution in [0.5, 0.6) is 0 Å². The molecule has 1 heterocycles. The van der Waals surface area contributed by atoms with Crippen LogP contribution in [0.25, 0.3) is 0 Å². The number of hydrogen-bond donors (Lipinski definition) is 0. The van der Waals surface area contributed by atoms with Gasteiger partial charge in [-0.3, -0.25) is 9.59 Å². The van der Waals surface area contributed by atoms with Crippen molar-refractivity contribution in [3.05, 3.63) is 93.7 Å². The molecular weight excluding hydrogens is 428 g/mol. The van der Waals surface area contributed by atoms with Crippen molar-refractivity contribution >= 4 is 23.2 Å². The smallest absolute Gasteiger partial charge is 0.242 e. The molecule has 2 atom stereocenters. The molecule has 1 fully saturated rings. The number of benzene rings is 2. The molecule has 1 saturated carbocycles. The molecule has 1 aromatic heterocycles. The lowest BCUT2D eigenvalue weighted by molar-refractivity contribution is -0.142. The first-order chi connectivity index (χ1) is 16.1. The zero-order valence-corrected chi connectivity index (χ0v) is 20.3. The van der Waals surface area contributed by atoms with Crippen molar-refractivity contribution in [2.75, 3.05) is 13.1 Å². The molecule has 2 amide bonds. The molecule has 2 unspecified atom stereocenters. The maximum Gasteiger partial charge on any atom is 0.242 e. The summed E-state index contributed by atoms with van der Waals surface area (Å²) in [7, 11) is 0. The molecule has 0 radical (unpaired) electrons. The highest BCUT2D eigenvalue weighted by Gasteiger charge is 2.45. The first-order valence-electron chi connectivity index (χ1n) is 11.7. The maximum absolute atomic E-state index is 13.5. The topological polar surface area (TPSA) is 40.6 Å². The Morgan fingerprint density at radius 1 is 0.939 bits per heavy atom. The van der Waals surface area contributed by atoms with Crippen molar-refractivity contribution in [1.82, 2.24) is 9.80 Å². The van der Waals surface area contributed by atoms with Gasteiger partial charge in [-0.2, -0.15) is 0 Å². The van der Waals surface area contributed by atoms with Crippen molar-refractivity contribution in [3.8, 4) is 0 Å². The van der Waals surface area contributed by atoms with Crippen LogP contribution in [-0.4, -0.2) is 34.7 Å². The Morgan fingerprint density at radius 3 is 2.27 bits per heavy atom. The minimum absolute atomic E-state index is 0.00497. The summed E-state index contributed by atoms with van der Waals surface area (Å²) in [6.45, 7) is 6.01. The van der Waals surface area contributed by atoms with Crippen LogP contribution in [0.1, 0.15) is 47.3 Å². The summed E-state index contributed by atoms with van der Waals surface area (Å²) in [5, 5.41) is 2.07. The van der Waals surface area contributed by atoms with Gasteiger partial charge in [-0.25, -0.2) is 0 Å². The van der Waals surface area contributed by atoms with E-state index in [9.17, 15) is 9.59 Å². The van der Waals surface area contributed by atoms with E-state index in [-0.39, 0.29) is 30.2 Å². The molecule has 0 N–H and O–H groups in total. The quantitative estimate of drug-likeness (QED) is 0.394. The van der Waals surface area contributed by atoms with E-state index in [1.165, 1.54) is 16.0 Å². The second-order valence-corrected chi connectivity index (χ2v) is 9.88. The van der Waals surface area contributed by atoms with E-state index in [1.54, 1.807) is 16.2 Å². The van der Waals surface area contributed by atoms with Crippen LogP contribution in [-0.2, 0) is 22.7 Å². The summed E-state index contributed by atoms with van der Waals surface area (Å²) in [6.07, 6.45) is 1.71. The van der Waals surface area contributed by atoms with Crippen LogP contribution in [0.2, 0.25) is 0 Å². The molecule has 0 bridgehead atoms. The van der Waals surface area contributed by atoms with Gasteiger partial charge in [0.2, 0.25) is 11.8 Å². The number of hydrogen-bond acceptors (Lipinski definition) is 3. The average molecular weight is 461 g/mol. The van der Waals surface area contributed by atoms with Crippen molar-refractivity contribution in [3.63, 3.8) is 0 Å². The molecule has 1 aliphatic rings. The van der Waals surface area contributed by atoms with Crippen LogP contribution in [0.3, 0.4) is 0 Å². The molecule has 2 aromatic carbocycles. The summed E-state index contributed by atoms with van der Waals surface area (Å²) >= 11 is 1.68. The SMILES string of the molecule is CCCN(CC(=O)N(Cc1ccccc1)Cc1sccc1C)C(=O)C1CC1c1ccccc1. The van der Waals surface area contributed by atoms with E-state index < -0.39 is 0 Å². The molecule has 3 aromatic rings. The number of thiophene rings is 1. The number of carbonyl (C=O) groups is 2. The fourth-order valence-electron chi connectivity index (χ4n) is 4.35. The second kappa shape index (κ2) is 10.8. The van der Waals surface area contributed by atoms with E-state index >= 15 is 0 Å². The van der Waals surface area contributed by atoms with E-state index in [0.29, 0.717) is 19.6 Å². The third kappa shape index (κ3) is 5.91. The average Bonchev–Trinajstić information content (AvgIpc) is 3.54. The first kappa shape index (κ1) is 23.2. The maximum atomic E-state index is 13.5. The highest BCUT2D eigenvalue weighted by Crippen LogP contribution is 2.48. The van der Waals surface area contributed by atoms with E-state index in [2.05, 4.69) is 37.4 Å². The third-order valence-electron chi connectivity index (χ3n) is 6.34. The molecular formula is C28H32N2O2S.